The first-order valence-electron chi connectivity index (χ1n) is 8.53. The number of aromatic nitrogens is 3. The molecule has 0 aliphatic carbocycles. The van der Waals surface area contributed by atoms with Crippen LogP contribution >= 0.6 is 0 Å². The fraction of sp³-hybridized carbons (Fsp3) is 0.316. The van der Waals surface area contributed by atoms with Crippen molar-refractivity contribution in [1.29, 1.82) is 0 Å². The monoisotopic (exact) mass is 393 g/mol. The fourth-order valence-corrected chi connectivity index (χ4v) is 2.97. The minimum absolute atomic E-state index is 0.163. The molecule has 3 rings (SSSR count). The molecule has 28 heavy (non-hydrogen) atoms. The highest BCUT2D eigenvalue weighted by atomic mass is 19.4. The molecule has 0 aliphatic rings. The summed E-state index contributed by atoms with van der Waals surface area (Å²) in [5.74, 6) is 0.342. The molecule has 0 atom stereocenters. The summed E-state index contributed by atoms with van der Waals surface area (Å²) >= 11 is 0. The summed E-state index contributed by atoms with van der Waals surface area (Å²) in [5.41, 5.74) is -0.786. The van der Waals surface area contributed by atoms with Crippen molar-refractivity contribution in [3.05, 3.63) is 68.0 Å². The Morgan fingerprint density at radius 2 is 1.79 bits per heavy atom. The SMILES string of the molecule is CCOc1c(C)cnc2c1c(=O)n(Cc1ccc(C(F)(F)F)cc1)c(=O)n2C. The Kier molecular flexibility index (Phi) is 5.01. The van der Waals surface area contributed by atoms with E-state index in [0.29, 0.717) is 23.5 Å². The van der Waals surface area contributed by atoms with E-state index in [1.807, 2.05) is 0 Å². The van der Waals surface area contributed by atoms with Crippen LogP contribution in [0.2, 0.25) is 0 Å². The van der Waals surface area contributed by atoms with Gasteiger partial charge in [0.05, 0.1) is 18.7 Å². The molecule has 148 valence electrons. The van der Waals surface area contributed by atoms with Gasteiger partial charge in [0.25, 0.3) is 5.56 Å². The molecule has 0 N–H and O–H groups in total. The van der Waals surface area contributed by atoms with E-state index in [4.69, 9.17) is 4.74 Å². The minimum atomic E-state index is -4.45. The van der Waals surface area contributed by atoms with Crippen LogP contribution in [0.5, 0.6) is 5.75 Å². The predicted octanol–water partition coefficient (Wildman–Crippen LogP) is 2.87. The summed E-state index contributed by atoms with van der Waals surface area (Å²) in [4.78, 5) is 29.9. The van der Waals surface area contributed by atoms with Crippen molar-refractivity contribution in [2.75, 3.05) is 6.61 Å². The predicted molar refractivity (Wildman–Crippen MR) is 97.7 cm³/mol. The minimum Gasteiger partial charge on any atom is -0.493 e. The Labute approximate surface area is 157 Å². The van der Waals surface area contributed by atoms with Crippen LogP contribution in [0.4, 0.5) is 13.2 Å². The van der Waals surface area contributed by atoms with Crippen LogP contribution < -0.4 is 16.0 Å². The molecule has 0 saturated carbocycles. The molecule has 0 amide bonds. The highest BCUT2D eigenvalue weighted by Crippen LogP contribution is 2.29. The van der Waals surface area contributed by atoms with Gasteiger partial charge in [-0.25, -0.2) is 9.78 Å². The van der Waals surface area contributed by atoms with Gasteiger partial charge in [-0.15, -0.1) is 0 Å². The maximum absolute atomic E-state index is 13.0. The zero-order valence-electron chi connectivity index (χ0n) is 15.5. The molecular formula is C19H18F3N3O3. The van der Waals surface area contributed by atoms with Crippen molar-refractivity contribution in [3.8, 4) is 5.75 Å². The number of alkyl halides is 3. The normalized spacial score (nSPS) is 11.8. The third-order valence-electron chi connectivity index (χ3n) is 4.39. The molecule has 0 saturated heterocycles. The molecule has 2 aromatic heterocycles. The number of fused-ring (bicyclic) bond motifs is 1. The third-order valence-corrected chi connectivity index (χ3v) is 4.39. The molecule has 0 fully saturated rings. The third kappa shape index (κ3) is 3.39. The van der Waals surface area contributed by atoms with Gasteiger partial charge in [-0.1, -0.05) is 12.1 Å². The average Bonchev–Trinajstić information content (AvgIpc) is 2.65. The maximum atomic E-state index is 13.0. The van der Waals surface area contributed by atoms with Crippen molar-refractivity contribution < 1.29 is 17.9 Å². The van der Waals surface area contributed by atoms with Gasteiger partial charge in [0.1, 0.15) is 11.1 Å². The van der Waals surface area contributed by atoms with Gasteiger partial charge in [0.15, 0.2) is 5.65 Å². The lowest BCUT2D eigenvalue weighted by molar-refractivity contribution is -0.137. The Bertz CT molecular complexity index is 1150. The fourth-order valence-electron chi connectivity index (χ4n) is 2.97. The van der Waals surface area contributed by atoms with Gasteiger partial charge in [0.2, 0.25) is 0 Å². The number of pyridine rings is 1. The molecule has 6 nitrogen and oxygen atoms in total. The van der Waals surface area contributed by atoms with Gasteiger partial charge >= 0.3 is 11.9 Å². The molecule has 2 heterocycles. The smallest absolute Gasteiger partial charge is 0.416 e. The van der Waals surface area contributed by atoms with Crippen molar-refractivity contribution in [2.24, 2.45) is 7.05 Å². The highest BCUT2D eigenvalue weighted by Gasteiger charge is 2.30. The quantitative estimate of drug-likeness (QED) is 0.684. The van der Waals surface area contributed by atoms with Crippen LogP contribution in [0, 0.1) is 6.92 Å². The Morgan fingerprint density at radius 3 is 2.36 bits per heavy atom. The maximum Gasteiger partial charge on any atom is 0.416 e. The molecular weight excluding hydrogens is 375 g/mol. The summed E-state index contributed by atoms with van der Waals surface area (Å²) in [5, 5.41) is 0.163. The van der Waals surface area contributed by atoms with Gasteiger partial charge in [0, 0.05) is 18.8 Å². The number of hydrogen-bond acceptors (Lipinski definition) is 4. The van der Waals surface area contributed by atoms with E-state index in [0.717, 1.165) is 16.7 Å². The number of aryl methyl sites for hydroxylation is 2. The van der Waals surface area contributed by atoms with Gasteiger partial charge in [-0.2, -0.15) is 13.2 Å². The van der Waals surface area contributed by atoms with Crippen LogP contribution in [-0.4, -0.2) is 20.7 Å². The highest BCUT2D eigenvalue weighted by molar-refractivity contribution is 5.82. The van der Waals surface area contributed by atoms with Gasteiger partial charge < -0.3 is 4.74 Å². The van der Waals surface area contributed by atoms with E-state index < -0.39 is 23.0 Å². The number of benzene rings is 1. The lowest BCUT2D eigenvalue weighted by atomic mass is 10.1. The molecule has 9 heteroatoms. The lowest BCUT2D eigenvalue weighted by Gasteiger charge is -2.14. The summed E-state index contributed by atoms with van der Waals surface area (Å²) in [6.07, 6.45) is -2.93. The standard InChI is InChI=1S/C19H18F3N3O3/c1-4-28-15-11(2)9-23-16-14(15)17(26)25(18(27)24(16)3)10-12-5-7-13(8-6-12)19(20,21)22/h5-9H,4,10H2,1-3H3. The van der Waals surface area contributed by atoms with Gasteiger partial charge in [-0.05, 0) is 31.5 Å². The zero-order valence-corrected chi connectivity index (χ0v) is 15.5. The Balaban J connectivity index is 2.18. The lowest BCUT2D eigenvalue weighted by Crippen LogP contribution is -2.39. The summed E-state index contributed by atoms with van der Waals surface area (Å²) in [6, 6.07) is 4.33. The second kappa shape index (κ2) is 7.14. The number of ether oxygens (including phenoxy) is 1. The number of halogens is 3. The van der Waals surface area contributed by atoms with E-state index in [9.17, 15) is 22.8 Å². The first-order chi connectivity index (χ1) is 13.1. The van der Waals surface area contributed by atoms with Crippen molar-refractivity contribution in [1.82, 2.24) is 14.1 Å². The molecule has 0 unspecified atom stereocenters. The Morgan fingerprint density at radius 1 is 1.14 bits per heavy atom. The van der Waals surface area contributed by atoms with E-state index in [1.165, 1.54) is 29.9 Å². The van der Waals surface area contributed by atoms with Crippen LogP contribution in [0.25, 0.3) is 11.0 Å². The topological polar surface area (TPSA) is 66.1 Å². The van der Waals surface area contributed by atoms with Crippen LogP contribution in [-0.2, 0) is 19.8 Å². The zero-order chi connectivity index (χ0) is 20.6. The van der Waals surface area contributed by atoms with Crippen molar-refractivity contribution in [2.45, 2.75) is 26.6 Å². The van der Waals surface area contributed by atoms with Crippen LogP contribution in [0.15, 0.2) is 40.1 Å². The molecule has 3 aromatic rings. The van der Waals surface area contributed by atoms with Crippen molar-refractivity contribution >= 4 is 11.0 Å². The van der Waals surface area contributed by atoms with Gasteiger partial charge in [-0.3, -0.25) is 13.9 Å². The first kappa shape index (κ1) is 19.7. The van der Waals surface area contributed by atoms with Crippen LogP contribution in [0.1, 0.15) is 23.6 Å². The second-order valence-electron chi connectivity index (χ2n) is 6.33. The molecule has 0 spiro atoms. The summed E-state index contributed by atoms with van der Waals surface area (Å²) < 4.78 is 46.0. The molecule has 1 aromatic carbocycles. The number of hydrogen-bond donors (Lipinski definition) is 0. The van der Waals surface area contributed by atoms with E-state index in [-0.39, 0.29) is 17.6 Å². The first-order valence-corrected chi connectivity index (χ1v) is 8.53. The number of rotatable bonds is 4. The van der Waals surface area contributed by atoms with Crippen LogP contribution in [0.3, 0.4) is 0 Å². The molecule has 0 aliphatic heterocycles. The van der Waals surface area contributed by atoms with E-state index in [2.05, 4.69) is 4.98 Å². The average molecular weight is 393 g/mol. The largest absolute Gasteiger partial charge is 0.493 e. The molecule has 0 bridgehead atoms. The number of nitrogens with zero attached hydrogens (tertiary/aromatic N) is 3. The summed E-state index contributed by atoms with van der Waals surface area (Å²) in [6.45, 7) is 3.66. The molecule has 0 radical (unpaired) electrons. The Hall–Kier alpha value is -3.10. The van der Waals surface area contributed by atoms with E-state index in [1.54, 1.807) is 13.8 Å². The summed E-state index contributed by atoms with van der Waals surface area (Å²) in [7, 11) is 1.48. The second-order valence-corrected chi connectivity index (χ2v) is 6.33. The van der Waals surface area contributed by atoms with Crippen molar-refractivity contribution in [3.63, 3.8) is 0 Å². The van der Waals surface area contributed by atoms with E-state index >= 15 is 0 Å².